The average Bonchev–Trinajstić information content (AvgIpc) is 3.39. The first kappa shape index (κ1) is 18.7. The van der Waals surface area contributed by atoms with Crippen LogP contribution in [0.25, 0.3) is 0 Å². The quantitative estimate of drug-likeness (QED) is 0.784. The maximum atomic E-state index is 12.2. The number of hydrogen-bond acceptors (Lipinski definition) is 4. The molecule has 0 unspecified atom stereocenters. The maximum Gasteiger partial charge on any atom is 0.261 e. The summed E-state index contributed by atoms with van der Waals surface area (Å²) in [6.45, 7) is 3.95. The van der Waals surface area contributed by atoms with Crippen molar-refractivity contribution in [2.24, 2.45) is 5.92 Å². The fourth-order valence-corrected chi connectivity index (χ4v) is 5.27. The van der Waals surface area contributed by atoms with Crippen molar-refractivity contribution >= 4 is 17.2 Å². The van der Waals surface area contributed by atoms with Gasteiger partial charge in [0, 0.05) is 36.8 Å². The van der Waals surface area contributed by atoms with E-state index in [1.54, 1.807) is 0 Å². The summed E-state index contributed by atoms with van der Waals surface area (Å²) in [5.74, 6) is 1.27. The fourth-order valence-electron chi connectivity index (χ4n) is 4.63. The minimum atomic E-state index is 0.0662. The number of aromatic amines is 1. The Kier molecular flexibility index (Phi) is 6.24. The summed E-state index contributed by atoms with van der Waals surface area (Å²) in [6, 6.07) is 3.82. The first-order valence-electron chi connectivity index (χ1n) is 10.4. The van der Waals surface area contributed by atoms with Gasteiger partial charge in [0.05, 0.1) is 11.1 Å². The number of H-pyrrole nitrogens is 1. The molecule has 6 heteroatoms. The van der Waals surface area contributed by atoms with Crippen LogP contribution in [0.3, 0.4) is 0 Å². The number of rotatable bonds is 6. The molecule has 2 aromatic rings. The largest absolute Gasteiger partial charge is 0.351 e. The molecule has 5 nitrogen and oxygen atoms in total. The lowest BCUT2D eigenvalue weighted by atomic mass is 9.85. The second kappa shape index (κ2) is 9.02. The monoisotopic (exact) mass is 386 g/mol. The van der Waals surface area contributed by atoms with Crippen molar-refractivity contribution in [3.05, 3.63) is 39.8 Å². The topological polar surface area (TPSA) is 61.0 Å². The van der Waals surface area contributed by atoms with Crippen LogP contribution < -0.4 is 5.32 Å². The van der Waals surface area contributed by atoms with Crippen molar-refractivity contribution in [3.8, 4) is 0 Å². The van der Waals surface area contributed by atoms with E-state index in [1.807, 2.05) is 23.7 Å². The Balaban J connectivity index is 1.30. The summed E-state index contributed by atoms with van der Waals surface area (Å²) in [6.07, 6.45) is 11.1. The van der Waals surface area contributed by atoms with Crippen LogP contribution >= 0.6 is 11.3 Å². The number of aromatic nitrogens is 2. The van der Waals surface area contributed by atoms with Crippen LogP contribution in [-0.2, 0) is 6.54 Å². The minimum absolute atomic E-state index is 0.0662. The van der Waals surface area contributed by atoms with Crippen LogP contribution in [0, 0.1) is 5.92 Å². The van der Waals surface area contributed by atoms with Gasteiger partial charge in [-0.05, 0) is 49.6 Å². The highest BCUT2D eigenvalue weighted by Crippen LogP contribution is 2.33. The Morgan fingerprint density at radius 2 is 2.15 bits per heavy atom. The number of likely N-dealkylation sites (tertiary alicyclic amines) is 1. The zero-order valence-electron chi connectivity index (χ0n) is 16.0. The molecule has 4 rings (SSSR count). The molecule has 2 N–H and O–H groups in total. The van der Waals surface area contributed by atoms with Gasteiger partial charge in [-0.2, -0.15) is 5.10 Å². The van der Waals surface area contributed by atoms with Gasteiger partial charge in [-0.15, -0.1) is 11.3 Å². The summed E-state index contributed by atoms with van der Waals surface area (Å²) in [7, 11) is 0. The molecule has 0 spiro atoms. The molecule has 2 aromatic heterocycles. The Morgan fingerprint density at radius 1 is 1.26 bits per heavy atom. The predicted molar refractivity (Wildman–Crippen MR) is 109 cm³/mol. The van der Waals surface area contributed by atoms with Crippen LogP contribution in [0.5, 0.6) is 0 Å². The van der Waals surface area contributed by atoms with Gasteiger partial charge in [0.1, 0.15) is 0 Å². The van der Waals surface area contributed by atoms with E-state index in [0.29, 0.717) is 11.8 Å². The number of amides is 1. The molecule has 1 atom stereocenters. The lowest BCUT2D eigenvalue weighted by molar-refractivity contribution is 0.0934. The highest BCUT2D eigenvalue weighted by Gasteiger charge is 2.24. The van der Waals surface area contributed by atoms with E-state index in [4.69, 9.17) is 0 Å². The lowest BCUT2D eigenvalue weighted by Gasteiger charge is -2.33. The molecule has 1 amide bonds. The molecule has 0 radical (unpaired) electrons. The predicted octanol–water partition coefficient (Wildman–Crippen LogP) is 4.16. The highest BCUT2D eigenvalue weighted by atomic mass is 32.1. The van der Waals surface area contributed by atoms with Gasteiger partial charge in [-0.1, -0.05) is 25.3 Å². The van der Waals surface area contributed by atoms with Gasteiger partial charge < -0.3 is 5.32 Å². The van der Waals surface area contributed by atoms with Gasteiger partial charge in [-0.3, -0.25) is 14.8 Å². The van der Waals surface area contributed by atoms with Crippen molar-refractivity contribution in [1.29, 1.82) is 0 Å². The van der Waals surface area contributed by atoms with E-state index in [9.17, 15) is 4.79 Å². The Bertz CT molecular complexity index is 720. The molecule has 27 heavy (non-hydrogen) atoms. The summed E-state index contributed by atoms with van der Waals surface area (Å²) in [5, 5.41) is 12.7. The lowest BCUT2D eigenvalue weighted by Crippen LogP contribution is -2.40. The van der Waals surface area contributed by atoms with Crippen LogP contribution in [0.15, 0.2) is 23.7 Å². The normalized spacial score (nSPS) is 22.0. The molecule has 0 bridgehead atoms. The molecular weight excluding hydrogens is 356 g/mol. The SMILES string of the molecule is O=C(NC[C@H]1CCCN(Cc2cn[nH]c2C2CCCCC2)C1)c1cccs1. The van der Waals surface area contributed by atoms with Gasteiger partial charge in [0.15, 0.2) is 0 Å². The molecule has 2 aliphatic rings. The van der Waals surface area contributed by atoms with Gasteiger partial charge >= 0.3 is 0 Å². The number of piperidine rings is 1. The third-order valence-electron chi connectivity index (χ3n) is 6.06. The Labute approximate surface area is 165 Å². The summed E-state index contributed by atoms with van der Waals surface area (Å²) in [4.78, 5) is 15.5. The van der Waals surface area contributed by atoms with E-state index >= 15 is 0 Å². The molecule has 0 aromatic carbocycles. The van der Waals surface area contributed by atoms with E-state index in [0.717, 1.165) is 31.1 Å². The molecule has 1 aliphatic carbocycles. The van der Waals surface area contributed by atoms with Gasteiger partial charge in [0.2, 0.25) is 0 Å². The molecule has 2 fully saturated rings. The summed E-state index contributed by atoms with van der Waals surface area (Å²) >= 11 is 1.50. The van der Waals surface area contributed by atoms with Gasteiger partial charge in [-0.25, -0.2) is 0 Å². The van der Waals surface area contributed by atoms with Crippen LogP contribution in [0.1, 0.15) is 71.8 Å². The van der Waals surface area contributed by atoms with E-state index in [2.05, 4.69) is 20.4 Å². The van der Waals surface area contributed by atoms with Gasteiger partial charge in [0.25, 0.3) is 5.91 Å². The zero-order chi connectivity index (χ0) is 18.5. The smallest absolute Gasteiger partial charge is 0.261 e. The van der Waals surface area contributed by atoms with Crippen molar-refractivity contribution in [2.45, 2.75) is 57.4 Å². The average molecular weight is 387 g/mol. The number of carbonyl (C=O) groups excluding carboxylic acids is 1. The molecule has 1 saturated heterocycles. The first-order valence-corrected chi connectivity index (χ1v) is 11.2. The van der Waals surface area contributed by atoms with Crippen molar-refractivity contribution in [3.63, 3.8) is 0 Å². The Hall–Kier alpha value is -1.66. The number of nitrogens with zero attached hydrogens (tertiary/aromatic N) is 2. The molecule has 1 aliphatic heterocycles. The Morgan fingerprint density at radius 3 is 2.96 bits per heavy atom. The van der Waals surface area contributed by atoms with Crippen molar-refractivity contribution in [2.75, 3.05) is 19.6 Å². The van der Waals surface area contributed by atoms with Crippen molar-refractivity contribution < 1.29 is 4.79 Å². The number of nitrogens with one attached hydrogen (secondary N) is 2. The van der Waals surface area contributed by atoms with E-state index < -0.39 is 0 Å². The standard InChI is InChI=1S/C21H30N4OS/c26-21(19-9-5-11-27-19)22-12-16-6-4-10-25(14-16)15-18-13-23-24-20(18)17-7-2-1-3-8-17/h5,9,11,13,16-17H,1-4,6-8,10,12,14-15H2,(H,22,26)(H,23,24)/t16-/m1/s1. The second-order valence-corrected chi connectivity index (χ2v) is 9.02. The fraction of sp³-hybridized carbons (Fsp3) is 0.619. The van der Waals surface area contributed by atoms with Crippen LogP contribution in [0.2, 0.25) is 0 Å². The van der Waals surface area contributed by atoms with Crippen molar-refractivity contribution in [1.82, 2.24) is 20.4 Å². The zero-order valence-corrected chi connectivity index (χ0v) is 16.8. The highest BCUT2D eigenvalue weighted by molar-refractivity contribution is 7.12. The first-order chi connectivity index (χ1) is 13.3. The number of thiophene rings is 1. The van der Waals surface area contributed by atoms with Crippen LogP contribution in [-0.4, -0.2) is 40.6 Å². The third kappa shape index (κ3) is 4.79. The second-order valence-electron chi connectivity index (χ2n) is 8.07. The molecular formula is C21H30N4OS. The molecule has 146 valence electrons. The molecule has 3 heterocycles. The number of carbonyl (C=O) groups is 1. The van der Waals surface area contributed by atoms with Crippen LogP contribution in [0.4, 0.5) is 0 Å². The summed E-state index contributed by atoms with van der Waals surface area (Å²) < 4.78 is 0. The third-order valence-corrected chi connectivity index (χ3v) is 6.93. The van der Waals surface area contributed by atoms with E-state index in [-0.39, 0.29) is 5.91 Å². The van der Waals surface area contributed by atoms with E-state index in [1.165, 1.54) is 67.5 Å². The molecule has 1 saturated carbocycles. The minimum Gasteiger partial charge on any atom is -0.351 e. The number of hydrogen-bond donors (Lipinski definition) is 2. The maximum absolute atomic E-state index is 12.2. The summed E-state index contributed by atoms with van der Waals surface area (Å²) in [5.41, 5.74) is 2.76.